The SMILES string of the molecule is C#CCCC(=O)NCCCNCC. The van der Waals surface area contributed by atoms with Gasteiger partial charge in [-0.2, -0.15) is 0 Å². The third-order valence-corrected chi connectivity index (χ3v) is 1.60. The van der Waals surface area contributed by atoms with Gasteiger partial charge in [-0.05, 0) is 19.5 Å². The summed E-state index contributed by atoms with van der Waals surface area (Å²) in [5, 5.41) is 5.98. The van der Waals surface area contributed by atoms with Crippen LogP contribution in [0.4, 0.5) is 0 Å². The van der Waals surface area contributed by atoms with E-state index in [4.69, 9.17) is 6.42 Å². The van der Waals surface area contributed by atoms with Crippen LogP contribution in [-0.2, 0) is 4.79 Å². The zero-order valence-electron chi connectivity index (χ0n) is 8.23. The smallest absolute Gasteiger partial charge is 0.220 e. The third kappa shape index (κ3) is 8.90. The first-order valence-corrected chi connectivity index (χ1v) is 4.72. The Morgan fingerprint density at radius 2 is 2.23 bits per heavy atom. The quantitative estimate of drug-likeness (QED) is 0.445. The second kappa shape index (κ2) is 9.08. The van der Waals surface area contributed by atoms with Crippen LogP contribution in [0.2, 0.25) is 0 Å². The van der Waals surface area contributed by atoms with Crippen LogP contribution in [0.25, 0.3) is 0 Å². The average molecular weight is 182 g/mol. The Labute approximate surface area is 80.3 Å². The van der Waals surface area contributed by atoms with Crippen molar-refractivity contribution in [3.63, 3.8) is 0 Å². The molecule has 0 aromatic heterocycles. The van der Waals surface area contributed by atoms with Gasteiger partial charge in [0.25, 0.3) is 0 Å². The monoisotopic (exact) mass is 182 g/mol. The van der Waals surface area contributed by atoms with Gasteiger partial charge in [-0.3, -0.25) is 4.79 Å². The molecule has 0 saturated heterocycles. The molecule has 0 saturated carbocycles. The highest BCUT2D eigenvalue weighted by molar-refractivity contribution is 5.76. The molecular weight excluding hydrogens is 164 g/mol. The molecule has 0 aliphatic carbocycles. The second-order valence-electron chi connectivity index (χ2n) is 2.76. The van der Waals surface area contributed by atoms with Crippen molar-refractivity contribution in [1.29, 1.82) is 0 Å². The van der Waals surface area contributed by atoms with Crippen LogP contribution in [0.5, 0.6) is 0 Å². The van der Waals surface area contributed by atoms with Crippen molar-refractivity contribution in [2.45, 2.75) is 26.2 Å². The summed E-state index contributed by atoms with van der Waals surface area (Å²) in [4.78, 5) is 11.0. The summed E-state index contributed by atoms with van der Waals surface area (Å²) >= 11 is 0. The molecule has 74 valence electrons. The average Bonchev–Trinajstić information content (AvgIpc) is 2.14. The number of amides is 1. The molecule has 0 aromatic rings. The summed E-state index contributed by atoms with van der Waals surface area (Å²) in [6.07, 6.45) is 6.97. The van der Waals surface area contributed by atoms with Gasteiger partial charge in [0.2, 0.25) is 5.91 Å². The van der Waals surface area contributed by atoms with Crippen LogP contribution < -0.4 is 10.6 Å². The van der Waals surface area contributed by atoms with Gasteiger partial charge in [0.1, 0.15) is 0 Å². The standard InChI is InChI=1S/C10H18N2O/c1-3-5-7-10(13)12-9-6-8-11-4-2/h1,11H,4-9H2,2H3,(H,12,13). The van der Waals surface area contributed by atoms with E-state index in [1.807, 2.05) is 0 Å². The van der Waals surface area contributed by atoms with E-state index in [0.717, 1.165) is 26.1 Å². The van der Waals surface area contributed by atoms with Gasteiger partial charge in [0.15, 0.2) is 0 Å². The number of carbonyl (C=O) groups excluding carboxylic acids is 1. The summed E-state index contributed by atoms with van der Waals surface area (Å²) in [7, 11) is 0. The lowest BCUT2D eigenvalue weighted by Crippen LogP contribution is -2.26. The number of terminal acetylenes is 1. The van der Waals surface area contributed by atoms with Crippen molar-refractivity contribution in [2.24, 2.45) is 0 Å². The molecule has 0 aliphatic heterocycles. The van der Waals surface area contributed by atoms with Crippen LogP contribution in [0.15, 0.2) is 0 Å². The van der Waals surface area contributed by atoms with Crippen LogP contribution in [-0.4, -0.2) is 25.5 Å². The van der Waals surface area contributed by atoms with Gasteiger partial charge in [-0.25, -0.2) is 0 Å². The summed E-state index contributed by atoms with van der Waals surface area (Å²) in [6, 6.07) is 0. The first-order valence-electron chi connectivity index (χ1n) is 4.72. The zero-order chi connectivity index (χ0) is 9.94. The van der Waals surface area contributed by atoms with Gasteiger partial charge < -0.3 is 10.6 Å². The predicted octanol–water partition coefficient (Wildman–Crippen LogP) is 0.516. The molecule has 0 atom stereocenters. The second-order valence-corrected chi connectivity index (χ2v) is 2.76. The molecule has 0 spiro atoms. The van der Waals surface area contributed by atoms with E-state index in [9.17, 15) is 4.79 Å². The topological polar surface area (TPSA) is 41.1 Å². The summed E-state index contributed by atoms with van der Waals surface area (Å²) in [5.74, 6) is 2.49. The fourth-order valence-electron chi connectivity index (χ4n) is 0.892. The number of hydrogen-bond acceptors (Lipinski definition) is 2. The van der Waals surface area contributed by atoms with Crippen molar-refractivity contribution in [3.8, 4) is 12.3 Å². The minimum Gasteiger partial charge on any atom is -0.356 e. The van der Waals surface area contributed by atoms with Crippen LogP contribution in [0.3, 0.4) is 0 Å². The molecule has 0 rings (SSSR count). The minimum atomic E-state index is 0.0504. The zero-order valence-corrected chi connectivity index (χ0v) is 8.23. The number of rotatable bonds is 7. The molecule has 13 heavy (non-hydrogen) atoms. The van der Waals surface area contributed by atoms with Crippen molar-refractivity contribution in [2.75, 3.05) is 19.6 Å². The highest BCUT2D eigenvalue weighted by atomic mass is 16.1. The number of hydrogen-bond donors (Lipinski definition) is 2. The maximum atomic E-state index is 11.0. The summed E-state index contributed by atoms with van der Waals surface area (Å²) < 4.78 is 0. The summed E-state index contributed by atoms with van der Waals surface area (Å²) in [6.45, 7) is 4.72. The molecule has 1 amide bonds. The number of carbonyl (C=O) groups is 1. The summed E-state index contributed by atoms with van der Waals surface area (Å²) in [5.41, 5.74) is 0. The van der Waals surface area contributed by atoms with Crippen molar-refractivity contribution in [1.82, 2.24) is 10.6 Å². The van der Waals surface area contributed by atoms with Crippen molar-refractivity contribution in [3.05, 3.63) is 0 Å². The first-order chi connectivity index (χ1) is 6.31. The molecule has 3 nitrogen and oxygen atoms in total. The van der Waals surface area contributed by atoms with E-state index in [-0.39, 0.29) is 5.91 Å². The van der Waals surface area contributed by atoms with Gasteiger partial charge in [-0.1, -0.05) is 6.92 Å². The Kier molecular flexibility index (Phi) is 8.38. The fraction of sp³-hybridized carbons (Fsp3) is 0.700. The highest BCUT2D eigenvalue weighted by Crippen LogP contribution is 1.85. The Morgan fingerprint density at radius 3 is 2.85 bits per heavy atom. The molecule has 0 radical (unpaired) electrons. The lowest BCUT2D eigenvalue weighted by molar-refractivity contribution is -0.120. The Morgan fingerprint density at radius 1 is 1.46 bits per heavy atom. The minimum absolute atomic E-state index is 0.0504. The molecule has 0 fully saturated rings. The maximum absolute atomic E-state index is 11.0. The molecule has 3 heteroatoms. The van der Waals surface area contributed by atoms with E-state index in [2.05, 4.69) is 23.5 Å². The van der Waals surface area contributed by atoms with E-state index in [1.54, 1.807) is 0 Å². The molecule has 0 unspecified atom stereocenters. The van der Waals surface area contributed by atoms with E-state index in [0.29, 0.717) is 12.8 Å². The van der Waals surface area contributed by atoms with Crippen LogP contribution >= 0.6 is 0 Å². The maximum Gasteiger partial charge on any atom is 0.220 e. The Hall–Kier alpha value is -1.01. The molecule has 2 N–H and O–H groups in total. The lowest BCUT2D eigenvalue weighted by Gasteiger charge is -2.03. The predicted molar refractivity (Wildman–Crippen MR) is 54.2 cm³/mol. The van der Waals surface area contributed by atoms with E-state index < -0.39 is 0 Å². The van der Waals surface area contributed by atoms with Crippen LogP contribution in [0.1, 0.15) is 26.2 Å². The van der Waals surface area contributed by atoms with Gasteiger partial charge in [-0.15, -0.1) is 12.3 Å². The molecule has 0 bridgehead atoms. The first kappa shape index (κ1) is 12.0. The molecule has 0 aliphatic rings. The fourth-order valence-corrected chi connectivity index (χ4v) is 0.892. The van der Waals surface area contributed by atoms with Crippen molar-refractivity contribution < 1.29 is 4.79 Å². The van der Waals surface area contributed by atoms with Gasteiger partial charge in [0.05, 0.1) is 0 Å². The molecule has 0 aromatic carbocycles. The Balaban J connectivity index is 3.13. The molecule has 0 heterocycles. The number of nitrogens with one attached hydrogen (secondary N) is 2. The third-order valence-electron chi connectivity index (χ3n) is 1.60. The highest BCUT2D eigenvalue weighted by Gasteiger charge is 1.97. The van der Waals surface area contributed by atoms with Crippen LogP contribution in [0, 0.1) is 12.3 Å². The van der Waals surface area contributed by atoms with Gasteiger partial charge in [0, 0.05) is 19.4 Å². The Bertz CT molecular complexity index is 172. The largest absolute Gasteiger partial charge is 0.356 e. The van der Waals surface area contributed by atoms with E-state index >= 15 is 0 Å². The van der Waals surface area contributed by atoms with Gasteiger partial charge >= 0.3 is 0 Å². The lowest BCUT2D eigenvalue weighted by atomic mass is 10.3. The van der Waals surface area contributed by atoms with Crippen molar-refractivity contribution >= 4 is 5.91 Å². The molecular formula is C10H18N2O. The van der Waals surface area contributed by atoms with E-state index in [1.165, 1.54) is 0 Å². The normalized spacial score (nSPS) is 9.23.